The summed E-state index contributed by atoms with van der Waals surface area (Å²) in [5.74, 6) is -0.775. The highest BCUT2D eigenvalue weighted by Gasteiger charge is 2.13. The van der Waals surface area contributed by atoms with Crippen LogP contribution >= 0.6 is 0 Å². The topological polar surface area (TPSA) is 34.0 Å². The van der Waals surface area contributed by atoms with E-state index in [0.717, 1.165) is 5.56 Å². The zero-order chi connectivity index (χ0) is 15.4. The van der Waals surface area contributed by atoms with Crippen molar-refractivity contribution in [2.45, 2.75) is 6.54 Å². The summed E-state index contributed by atoms with van der Waals surface area (Å²) < 4.78 is 15.5. The third kappa shape index (κ3) is 3.06. The Morgan fingerprint density at radius 2 is 1.68 bits per heavy atom. The number of carbonyl (C=O) groups is 1. The average molecular weight is 294 g/mol. The fourth-order valence-electron chi connectivity index (χ4n) is 2.29. The minimum absolute atomic E-state index is 0.181. The fraction of sp³-hybridized carbons (Fsp3) is 0.0556. The van der Waals surface area contributed by atoms with Crippen LogP contribution in [0.3, 0.4) is 0 Å². The summed E-state index contributed by atoms with van der Waals surface area (Å²) in [7, 11) is 0. The Labute approximate surface area is 128 Å². The molecule has 22 heavy (non-hydrogen) atoms. The molecule has 0 atom stereocenters. The molecule has 0 saturated heterocycles. The number of halogens is 1. The van der Waals surface area contributed by atoms with E-state index in [1.54, 1.807) is 24.3 Å². The van der Waals surface area contributed by atoms with Gasteiger partial charge in [-0.25, -0.2) is 4.39 Å². The van der Waals surface area contributed by atoms with Gasteiger partial charge >= 0.3 is 0 Å². The SMILES string of the molecule is O=C(Nc1ccccc1F)c1cccn1Cc1ccccc1. The van der Waals surface area contributed by atoms with Gasteiger partial charge < -0.3 is 9.88 Å². The van der Waals surface area contributed by atoms with Crippen LogP contribution in [0.5, 0.6) is 0 Å². The number of amides is 1. The minimum Gasteiger partial charge on any atom is -0.339 e. The monoisotopic (exact) mass is 294 g/mol. The van der Waals surface area contributed by atoms with Gasteiger partial charge in [0.2, 0.25) is 0 Å². The van der Waals surface area contributed by atoms with Gasteiger partial charge in [-0.05, 0) is 29.8 Å². The van der Waals surface area contributed by atoms with Gasteiger partial charge in [0.1, 0.15) is 11.5 Å². The standard InChI is InChI=1S/C18H15FN2O/c19-15-9-4-5-10-16(15)20-18(22)17-11-6-12-21(17)13-14-7-2-1-3-8-14/h1-12H,13H2,(H,20,22). The van der Waals surface area contributed by atoms with Crippen LogP contribution in [0.2, 0.25) is 0 Å². The van der Waals surface area contributed by atoms with E-state index in [4.69, 9.17) is 0 Å². The molecule has 1 amide bonds. The van der Waals surface area contributed by atoms with E-state index in [2.05, 4.69) is 5.32 Å². The van der Waals surface area contributed by atoms with E-state index in [1.165, 1.54) is 12.1 Å². The molecule has 0 fully saturated rings. The van der Waals surface area contributed by atoms with E-state index < -0.39 is 5.82 Å². The van der Waals surface area contributed by atoms with Crippen LogP contribution in [0.4, 0.5) is 10.1 Å². The number of anilines is 1. The van der Waals surface area contributed by atoms with Crippen LogP contribution in [0, 0.1) is 5.82 Å². The Bertz CT molecular complexity index is 781. The van der Waals surface area contributed by atoms with Crippen molar-refractivity contribution in [1.29, 1.82) is 0 Å². The highest BCUT2D eigenvalue weighted by Crippen LogP contribution is 2.15. The van der Waals surface area contributed by atoms with Crippen molar-refractivity contribution in [1.82, 2.24) is 4.57 Å². The Morgan fingerprint density at radius 1 is 0.955 bits per heavy atom. The molecule has 0 spiro atoms. The molecule has 0 unspecified atom stereocenters. The second-order valence-corrected chi connectivity index (χ2v) is 4.94. The van der Waals surface area contributed by atoms with Crippen LogP contribution in [0.1, 0.15) is 16.1 Å². The van der Waals surface area contributed by atoms with Gasteiger partial charge in [-0.3, -0.25) is 4.79 Å². The van der Waals surface area contributed by atoms with Gasteiger partial charge in [-0.2, -0.15) is 0 Å². The maximum Gasteiger partial charge on any atom is 0.272 e. The third-order valence-electron chi connectivity index (χ3n) is 3.38. The molecule has 0 saturated carbocycles. The number of aromatic nitrogens is 1. The van der Waals surface area contributed by atoms with Crippen molar-refractivity contribution in [2.75, 3.05) is 5.32 Å². The molecule has 0 radical (unpaired) electrons. The predicted molar refractivity (Wildman–Crippen MR) is 84.3 cm³/mol. The number of nitrogens with one attached hydrogen (secondary N) is 1. The van der Waals surface area contributed by atoms with E-state index in [9.17, 15) is 9.18 Å². The minimum atomic E-state index is -0.447. The Balaban J connectivity index is 1.79. The second-order valence-electron chi connectivity index (χ2n) is 4.94. The number of carbonyl (C=O) groups excluding carboxylic acids is 1. The van der Waals surface area contributed by atoms with Crippen molar-refractivity contribution in [2.24, 2.45) is 0 Å². The molecule has 0 aliphatic rings. The zero-order valence-corrected chi connectivity index (χ0v) is 11.9. The van der Waals surface area contributed by atoms with Crippen LogP contribution in [-0.4, -0.2) is 10.5 Å². The summed E-state index contributed by atoms with van der Waals surface area (Å²) in [4.78, 5) is 12.3. The molecular weight excluding hydrogens is 279 g/mol. The first-order valence-corrected chi connectivity index (χ1v) is 6.99. The number of hydrogen-bond acceptors (Lipinski definition) is 1. The quantitative estimate of drug-likeness (QED) is 0.777. The lowest BCUT2D eigenvalue weighted by molar-refractivity contribution is 0.101. The van der Waals surface area contributed by atoms with Crippen molar-refractivity contribution in [3.8, 4) is 0 Å². The molecular formula is C18H15FN2O. The van der Waals surface area contributed by atoms with Gasteiger partial charge in [-0.1, -0.05) is 42.5 Å². The molecule has 110 valence electrons. The van der Waals surface area contributed by atoms with E-state index in [0.29, 0.717) is 12.2 Å². The maximum atomic E-state index is 13.6. The van der Waals surface area contributed by atoms with Crippen LogP contribution in [0.15, 0.2) is 72.9 Å². The number of para-hydroxylation sites is 1. The smallest absolute Gasteiger partial charge is 0.272 e. The molecule has 0 aliphatic carbocycles. The maximum absolute atomic E-state index is 13.6. The first-order valence-electron chi connectivity index (χ1n) is 6.99. The molecule has 4 heteroatoms. The predicted octanol–water partition coefficient (Wildman–Crippen LogP) is 3.93. The molecule has 3 nitrogen and oxygen atoms in total. The Morgan fingerprint density at radius 3 is 2.45 bits per heavy atom. The van der Waals surface area contributed by atoms with E-state index >= 15 is 0 Å². The summed E-state index contributed by atoms with van der Waals surface area (Å²) in [6.45, 7) is 0.591. The third-order valence-corrected chi connectivity index (χ3v) is 3.38. The normalized spacial score (nSPS) is 10.4. The van der Waals surface area contributed by atoms with Gasteiger partial charge in [0.15, 0.2) is 0 Å². The van der Waals surface area contributed by atoms with Gasteiger partial charge in [-0.15, -0.1) is 0 Å². The van der Waals surface area contributed by atoms with Crippen LogP contribution < -0.4 is 5.32 Å². The van der Waals surface area contributed by atoms with Gasteiger partial charge in [0.05, 0.1) is 5.69 Å². The van der Waals surface area contributed by atoms with E-state index in [-0.39, 0.29) is 11.6 Å². The summed E-state index contributed by atoms with van der Waals surface area (Å²) >= 11 is 0. The number of nitrogens with zero attached hydrogens (tertiary/aromatic N) is 1. The number of benzene rings is 2. The molecule has 0 aliphatic heterocycles. The molecule has 1 N–H and O–H groups in total. The lowest BCUT2D eigenvalue weighted by Gasteiger charge is -2.10. The Hall–Kier alpha value is -2.88. The Kier molecular flexibility index (Phi) is 4.01. The largest absolute Gasteiger partial charge is 0.339 e. The van der Waals surface area contributed by atoms with Gasteiger partial charge in [0.25, 0.3) is 5.91 Å². The fourth-order valence-corrected chi connectivity index (χ4v) is 2.29. The van der Waals surface area contributed by atoms with Crippen molar-refractivity contribution < 1.29 is 9.18 Å². The summed E-state index contributed by atoms with van der Waals surface area (Å²) in [5, 5.41) is 2.60. The molecule has 1 heterocycles. The first kappa shape index (κ1) is 14.1. The second kappa shape index (κ2) is 6.26. The lowest BCUT2D eigenvalue weighted by atomic mass is 10.2. The van der Waals surface area contributed by atoms with Crippen LogP contribution in [0.25, 0.3) is 0 Å². The summed E-state index contributed by atoms with van der Waals surface area (Å²) in [6, 6.07) is 19.5. The highest BCUT2D eigenvalue weighted by molar-refractivity contribution is 6.03. The molecule has 2 aromatic carbocycles. The van der Waals surface area contributed by atoms with E-state index in [1.807, 2.05) is 41.1 Å². The van der Waals surface area contributed by atoms with Crippen LogP contribution in [-0.2, 0) is 6.54 Å². The zero-order valence-electron chi connectivity index (χ0n) is 11.9. The summed E-state index contributed by atoms with van der Waals surface area (Å²) in [5.41, 5.74) is 1.77. The molecule has 1 aromatic heterocycles. The van der Waals surface area contributed by atoms with Crippen molar-refractivity contribution in [3.05, 3.63) is 90.0 Å². The molecule has 0 bridgehead atoms. The molecule has 3 aromatic rings. The number of hydrogen-bond donors (Lipinski definition) is 1. The number of rotatable bonds is 4. The average Bonchev–Trinajstić information content (AvgIpc) is 2.99. The lowest BCUT2D eigenvalue weighted by Crippen LogP contribution is -2.17. The van der Waals surface area contributed by atoms with Crippen molar-refractivity contribution in [3.63, 3.8) is 0 Å². The van der Waals surface area contributed by atoms with Crippen molar-refractivity contribution >= 4 is 11.6 Å². The molecule has 3 rings (SSSR count). The first-order chi connectivity index (χ1) is 10.7. The van der Waals surface area contributed by atoms with Gasteiger partial charge in [0, 0.05) is 12.7 Å². The highest BCUT2D eigenvalue weighted by atomic mass is 19.1. The summed E-state index contributed by atoms with van der Waals surface area (Å²) in [6.07, 6.45) is 1.84.